The van der Waals surface area contributed by atoms with E-state index in [4.69, 9.17) is 16.3 Å². The Hall–Kier alpha value is -4.19. The Bertz CT molecular complexity index is 1910. The van der Waals surface area contributed by atoms with Crippen molar-refractivity contribution in [3.63, 3.8) is 0 Å². The molecule has 6 rings (SSSR count). The first-order valence-corrected chi connectivity index (χ1v) is 15.7. The molecule has 0 unspecified atom stereocenters. The van der Waals surface area contributed by atoms with Crippen molar-refractivity contribution in [2.75, 3.05) is 28.0 Å². The van der Waals surface area contributed by atoms with E-state index in [9.17, 15) is 19.5 Å². The van der Waals surface area contributed by atoms with E-state index in [0.29, 0.717) is 28.7 Å². The molecule has 1 atom stereocenters. The van der Waals surface area contributed by atoms with Crippen LogP contribution in [0.2, 0.25) is 0 Å². The number of rotatable bonds is 5. The molecule has 5 aromatic rings. The fraction of sp³-hybridized carbons (Fsp3) is 0.226. The number of phenolic OH excluding ortho intramolecular Hbond substituents is 1. The van der Waals surface area contributed by atoms with Crippen molar-refractivity contribution in [1.29, 1.82) is 0 Å². The van der Waals surface area contributed by atoms with Gasteiger partial charge in [-0.25, -0.2) is 9.78 Å². The Morgan fingerprint density at radius 1 is 1.09 bits per heavy atom. The summed E-state index contributed by atoms with van der Waals surface area (Å²) in [5.74, 6) is -0.215. The van der Waals surface area contributed by atoms with Crippen LogP contribution >= 0.6 is 34.3 Å². The maximum absolute atomic E-state index is 13.8. The molecule has 1 aliphatic heterocycles. The number of benzene rings is 3. The Balaban J connectivity index is 1.20. The molecule has 3 N–H and O–H groups in total. The third kappa shape index (κ3) is 5.75. The van der Waals surface area contributed by atoms with Crippen molar-refractivity contribution >= 4 is 89.5 Å². The molecule has 0 spiro atoms. The normalized spacial score (nSPS) is 14.6. The van der Waals surface area contributed by atoms with Gasteiger partial charge in [0.1, 0.15) is 17.0 Å². The third-order valence-electron chi connectivity index (χ3n) is 6.91. The number of ether oxygens (including phenoxy) is 1. The lowest BCUT2D eigenvalue weighted by molar-refractivity contribution is 0.0635. The summed E-state index contributed by atoms with van der Waals surface area (Å²) in [4.78, 5) is 45.1. The van der Waals surface area contributed by atoms with E-state index in [1.54, 1.807) is 55.3 Å². The van der Waals surface area contributed by atoms with Crippen LogP contribution in [0.1, 0.15) is 52.4 Å². The van der Waals surface area contributed by atoms with Gasteiger partial charge < -0.3 is 20.1 Å². The van der Waals surface area contributed by atoms with Crippen LogP contribution in [0, 0.1) is 0 Å². The van der Waals surface area contributed by atoms with Gasteiger partial charge in [-0.2, -0.15) is 0 Å². The highest BCUT2D eigenvalue weighted by Crippen LogP contribution is 2.46. The second-order valence-electron chi connectivity index (χ2n) is 11.1. The molecule has 43 heavy (non-hydrogen) atoms. The van der Waals surface area contributed by atoms with Crippen molar-refractivity contribution in [3.8, 4) is 5.75 Å². The van der Waals surface area contributed by atoms with Crippen molar-refractivity contribution < 1.29 is 24.2 Å². The Morgan fingerprint density at radius 3 is 2.60 bits per heavy atom. The molecule has 0 saturated carbocycles. The second kappa shape index (κ2) is 11.1. The molecule has 3 heterocycles. The van der Waals surface area contributed by atoms with Gasteiger partial charge in [0.15, 0.2) is 5.13 Å². The third-order valence-corrected chi connectivity index (χ3v) is 9.14. The quantitative estimate of drug-likeness (QED) is 0.170. The Labute approximate surface area is 260 Å². The summed E-state index contributed by atoms with van der Waals surface area (Å²) in [6.07, 6.45) is -0.650. The average Bonchev–Trinajstić information content (AvgIpc) is 3.68. The molecule has 9 nitrogen and oxygen atoms in total. The monoisotopic (exact) mass is 634 g/mol. The fourth-order valence-corrected chi connectivity index (χ4v) is 7.05. The van der Waals surface area contributed by atoms with Crippen LogP contribution in [-0.2, 0) is 4.74 Å². The van der Waals surface area contributed by atoms with Gasteiger partial charge >= 0.3 is 6.09 Å². The lowest BCUT2D eigenvalue weighted by atomic mass is 9.95. The largest absolute Gasteiger partial charge is 0.507 e. The average molecular weight is 635 g/mol. The molecule has 0 radical (unpaired) electrons. The number of nitrogens with one attached hydrogen (secondary N) is 2. The van der Waals surface area contributed by atoms with E-state index in [1.165, 1.54) is 11.3 Å². The zero-order valence-corrected chi connectivity index (χ0v) is 25.8. The van der Waals surface area contributed by atoms with E-state index in [0.717, 1.165) is 37.8 Å². The number of carbonyl (C=O) groups is 3. The first kappa shape index (κ1) is 28.9. The molecule has 12 heteroatoms. The van der Waals surface area contributed by atoms with E-state index in [1.807, 2.05) is 30.3 Å². The van der Waals surface area contributed by atoms with Crippen LogP contribution in [0.5, 0.6) is 5.75 Å². The predicted molar refractivity (Wildman–Crippen MR) is 172 cm³/mol. The van der Waals surface area contributed by atoms with Crippen LogP contribution in [0.15, 0.2) is 60.0 Å². The number of aromatic nitrogens is 1. The highest BCUT2D eigenvalue weighted by atomic mass is 35.5. The Kier molecular flexibility index (Phi) is 7.49. The maximum atomic E-state index is 13.8. The van der Waals surface area contributed by atoms with Crippen LogP contribution in [0.25, 0.3) is 20.9 Å². The number of phenols is 1. The number of hydrogen-bond acceptors (Lipinski definition) is 8. The summed E-state index contributed by atoms with van der Waals surface area (Å²) < 4.78 is 6.11. The van der Waals surface area contributed by atoms with Gasteiger partial charge in [-0.15, -0.1) is 34.3 Å². The second-order valence-corrected chi connectivity index (χ2v) is 13.4. The topological polar surface area (TPSA) is 121 Å². The van der Waals surface area contributed by atoms with Gasteiger partial charge in [0.25, 0.3) is 11.8 Å². The van der Waals surface area contributed by atoms with Gasteiger partial charge in [-0.1, -0.05) is 24.3 Å². The summed E-state index contributed by atoms with van der Waals surface area (Å²) >= 11 is 8.82. The van der Waals surface area contributed by atoms with Gasteiger partial charge in [-0.3, -0.25) is 14.9 Å². The SMILES string of the molecule is CC(C)(C)OC(=O)Nc1nc(C(=O)Nc2ccc3sc(C(=O)N4C[C@@H](CCl)c5c4cc(O)c4ccccc54)cc3c2)cs1. The number of fused-ring (bicyclic) bond motifs is 4. The highest BCUT2D eigenvalue weighted by Gasteiger charge is 2.35. The molecular formula is C31H27ClN4O5S2. The van der Waals surface area contributed by atoms with Gasteiger partial charge in [-0.05, 0) is 61.4 Å². The molecule has 2 aromatic heterocycles. The minimum absolute atomic E-state index is 0.0622. The lowest BCUT2D eigenvalue weighted by Gasteiger charge is -2.18. The van der Waals surface area contributed by atoms with Crippen molar-refractivity contribution in [1.82, 2.24) is 4.98 Å². The Morgan fingerprint density at radius 2 is 1.86 bits per heavy atom. The van der Waals surface area contributed by atoms with Crippen molar-refractivity contribution in [2.24, 2.45) is 0 Å². The fourth-order valence-electron chi connectivity index (χ4n) is 5.13. The summed E-state index contributed by atoms with van der Waals surface area (Å²) in [5, 5.41) is 20.3. The summed E-state index contributed by atoms with van der Waals surface area (Å²) in [6.45, 7) is 5.68. The number of carbonyl (C=O) groups excluding carboxylic acids is 3. The first-order valence-electron chi connectivity index (χ1n) is 13.4. The maximum Gasteiger partial charge on any atom is 0.413 e. The summed E-state index contributed by atoms with van der Waals surface area (Å²) in [5.41, 5.74) is 1.66. The zero-order chi connectivity index (χ0) is 30.5. The highest BCUT2D eigenvalue weighted by molar-refractivity contribution is 7.21. The van der Waals surface area contributed by atoms with E-state index in [-0.39, 0.29) is 28.4 Å². The van der Waals surface area contributed by atoms with Gasteiger partial charge in [0, 0.05) is 45.6 Å². The predicted octanol–water partition coefficient (Wildman–Crippen LogP) is 7.80. The van der Waals surface area contributed by atoms with Crippen LogP contribution in [0.3, 0.4) is 0 Å². The number of hydrogen-bond donors (Lipinski definition) is 3. The first-order chi connectivity index (χ1) is 20.5. The molecule has 0 aliphatic carbocycles. The lowest BCUT2D eigenvalue weighted by Crippen LogP contribution is -2.29. The minimum Gasteiger partial charge on any atom is -0.507 e. The molecule has 3 amide bonds. The van der Waals surface area contributed by atoms with E-state index >= 15 is 0 Å². The number of thiophene rings is 1. The summed E-state index contributed by atoms with van der Waals surface area (Å²) in [6, 6.07) is 16.4. The van der Waals surface area contributed by atoms with Crippen molar-refractivity contribution in [2.45, 2.75) is 32.3 Å². The number of anilines is 3. The van der Waals surface area contributed by atoms with Crippen LogP contribution in [-0.4, -0.2) is 46.0 Å². The molecular weight excluding hydrogens is 608 g/mol. The number of halogens is 1. The number of nitrogens with zero attached hydrogens (tertiary/aromatic N) is 2. The number of thiazole rings is 1. The number of amides is 3. The van der Waals surface area contributed by atoms with Gasteiger partial charge in [0.2, 0.25) is 0 Å². The molecule has 1 aliphatic rings. The molecule has 3 aromatic carbocycles. The smallest absolute Gasteiger partial charge is 0.413 e. The minimum atomic E-state index is -0.657. The van der Waals surface area contributed by atoms with Crippen LogP contribution in [0.4, 0.5) is 21.3 Å². The van der Waals surface area contributed by atoms with E-state index in [2.05, 4.69) is 15.6 Å². The van der Waals surface area contributed by atoms with Crippen molar-refractivity contribution in [3.05, 3.63) is 76.1 Å². The molecule has 0 fully saturated rings. The van der Waals surface area contributed by atoms with Crippen LogP contribution < -0.4 is 15.5 Å². The number of alkyl halides is 1. The number of aromatic hydroxyl groups is 1. The van der Waals surface area contributed by atoms with E-state index < -0.39 is 17.6 Å². The zero-order valence-electron chi connectivity index (χ0n) is 23.4. The molecule has 0 bridgehead atoms. The summed E-state index contributed by atoms with van der Waals surface area (Å²) in [7, 11) is 0. The standard InChI is InChI=1S/C31H27ClN4O5S2/c1-31(2,3)41-30(40)35-29-34-21(15-42-29)27(38)33-18-8-9-24-16(10-18)11-25(43-24)28(39)36-14-17(13-32)26-20-7-5-4-6-19(20)23(37)12-22(26)36/h4-12,15,17,37H,13-14H2,1-3H3,(H,33,38)(H,34,35,40)/t17-/m1/s1. The molecule has 220 valence electrons. The van der Waals surface area contributed by atoms with Gasteiger partial charge in [0.05, 0.1) is 10.6 Å². The molecule has 0 saturated heterocycles.